The predicted octanol–water partition coefficient (Wildman–Crippen LogP) is 3.62. The van der Waals surface area contributed by atoms with Crippen LogP contribution in [0.4, 0.5) is 0 Å². The van der Waals surface area contributed by atoms with E-state index in [9.17, 15) is 4.79 Å². The van der Waals surface area contributed by atoms with Gasteiger partial charge in [0.25, 0.3) is 0 Å². The molecule has 0 aliphatic heterocycles. The molecule has 0 amide bonds. The minimum Gasteiger partial charge on any atom is -0.487 e. The number of hydrogen-bond acceptors (Lipinski definition) is 2. The van der Waals surface area contributed by atoms with Crippen molar-refractivity contribution in [3.05, 3.63) is 38.8 Å². The summed E-state index contributed by atoms with van der Waals surface area (Å²) in [7, 11) is 0. The summed E-state index contributed by atoms with van der Waals surface area (Å²) in [5, 5.41) is 8.65. The Bertz CT molecular complexity index is 407. The van der Waals surface area contributed by atoms with Crippen molar-refractivity contribution in [2.45, 2.75) is 6.92 Å². The fourth-order valence-corrected chi connectivity index (χ4v) is 2.19. The van der Waals surface area contributed by atoms with Crippen molar-refractivity contribution >= 4 is 37.8 Å². The molecule has 0 unspecified atom stereocenters. The topological polar surface area (TPSA) is 46.5 Å². The summed E-state index contributed by atoms with van der Waals surface area (Å²) in [5.41, 5.74) is 0.267. The van der Waals surface area contributed by atoms with E-state index in [-0.39, 0.29) is 12.2 Å². The van der Waals surface area contributed by atoms with E-state index in [4.69, 9.17) is 9.84 Å². The number of carboxylic acids is 1. The van der Waals surface area contributed by atoms with Gasteiger partial charge in [0.15, 0.2) is 0 Å². The molecule has 0 radical (unpaired) electrons. The number of hydrogen-bond donors (Lipinski definition) is 1. The van der Waals surface area contributed by atoms with E-state index in [2.05, 4.69) is 31.9 Å². The molecule has 0 fully saturated rings. The van der Waals surface area contributed by atoms with Gasteiger partial charge in [-0.3, -0.25) is 0 Å². The molecule has 0 spiro atoms. The molecule has 16 heavy (non-hydrogen) atoms. The van der Waals surface area contributed by atoms with Gasteiger partial charge in [-0.25, -0.2) is 4.79 Å². The highest BCUT2D eigenvalue weighted by atomic mass is 79.9. The molecule has 86 valence electrons. The molecule has 0 atom stereocenters. The van der Waals surface area contributed by atoms with E-state index >= 15 is 0 Å². The maximum absolute atomic E-state index is 10.5. The molecule has 1 aromatic rings. The molecule has 1 rings (SSSR count). The Hall–Kier alpha value is -0.810. The van der Waals surface area contributed by atoms with Crippen LogP contribution in [0, 0.1) is 0 Å². The number of aliphatic carboxylic acids is 1. The Morgan fingerprint density at radius 2 is 2.00 bits per heavy atom. The number of para-hydroxylation sites is 1. The predicted molar refractivity (Wildman–Crippen MR) is 68.7 cm³/mol. The summed E-state index contributed by atoms with van der Waals surface area (Å²) in [6.45, 7) is 1.75. The minimum atomic E-state index is -0.935. The summed E-state index contributed by atoms with van der Waals surface area (Å²) >= 11 is 6.70. The molecule has 0 bridgehead atoms. The third kappa shape index (κ3) is 3.64. The van der Waals surface area contributed by atoms with Crippen LogP contribution in [0.15, 0.2) is 38.8 Å². The number of ether oxygens (including phenoxy) is 1. The van der Waals surface area contributed by atoms with Crippen molar-refractivity contribution in [3.8, 4) is 5.75 Å². The molecule has 0 saturated heterocycles. The first kappa shape index (κ1) is 13.3. The molecule has 0 aliphatic carbocycles. The van der Waals surface area contributed by atoms with Crippen LogP contribution >= 0.6 is 31.9 Å². The maximum Gasteiger partial charge on any atom is 0.331 e. The number of carboxylic acid groups (broad SMARTS) is 1. The third-order valence-electron chi connectivity index (χ3n) is 1.87. The Balaban J connectivity index is 2.69. The first-order chi connectivity index (χ1) is 7.52. The standard InChI is InChI=1S/C11H10Br2O3/c1-7(11(14)15)5-6-16-10-8(12)3-2-4-9(10)13/h2-5H,6H2,1H3,(H,14,15). The van der Waals surface area contributed by atoms with Gasteiger partial charge in [-0.2, -0.15) is 0 Å². The zero-order valence-electron chi connectivity index (χ0n) is 8.54. The quantitative estimate of drug-likeness (QED) is 0.844. The van der Waals surface area contributed by atoms with Gasteiger partial charge in [0.2, 0.25) is 0 Å². The van der Waals surface area contributed by atoms with Crippen LogP contribution in [0.3, 0.4) is 0 Å². The highest BCUT2D eigenvalue weighted by molar-refractivity contribution is 9.11. The summed E-state index contributed by atoms with van der Waals surface area (Å²) in [4.78, 5) is 10.5. The lowest BCUT2D eigenvalue weighted by molar-refractivity contribution is -0.132. The lowest BCUT2D eigenvalue weighted by Gasteiger charge is -2.07. The second-order valence-electron chi connectivity index (χ2n) is 3.05. The highest BCUT2D eigenvalue weighted by Crippen LogP contribution is 2.32. The second kappa shape index (κ2) is 6.06. The first-order valence-electron chi connectivity index (χ1n) is 4.49. The summed E-state index contributed by atoms with van der Waals surface area (Å²) in [5.74, 6) is -0.272. The van der Waals surface area contributed by atoms with Crippen molar-refractivity contribution in [2.24, 2.45) is 0 Å². The molecule has 1 N–H and O–H groups in total. The first-order valence-corrected chi connectivity index (χ1v) is 6.08. The van der Waals surface area contributed by atoms with Crippen LogP contribution in [0.5, 0.6) is 5.75 Å². The van der Waals surface area contributed by atoms with Gasteiger partial charge in [-0.1, -0.05) is 6.07 Å². The third-order valence-corrected chi connectivity index (χ3v) is 3.12. The molecule has 0 aliphatic rings. The van der Waals surface area contributed by atoms with Crippen LogP contribution in [0.2, 0.25) is 0 Å². The van der Waals surface area contributed by atoms with E-state index in [0.717, 1.165) is 8.95 Å². The molecule has 0 saturated carbocycles. The largest absolute Gasteiger partial charge is 0.487 e. The monoisotopic (exact) mass is 348 g/mol. The molecular weight excluding hydrogens is 340 g/mol. The lowest BCUT2D eigenvalue weighted by atomic mass is 10.3. The normalized spacial score (nSPS) is 11.3. The number of carbonyl (C=O) groups is 1. The Morgan fingerprint density at radius 1 is 1.44 bits per heavy atom. The van der Waals surface area contributed by atoms with Gasteiger partial charge in [0.1, 0.15) is 12.4 Å². The molecule has 3 nitrogen and oxygen atoms in total. The van der Waals surface area contributed by atoms with Crippen LogP contribution in [0.1, 0.15) is 6.92 Å². The van der Waals surface area contributed by atoms with E-state index in [1.54, 1.807) is 0 Å². The van der Waals surface area contributed by atoms with Gasteiger partial charge in [0.05, 0.1) is 8.95 Å². The SMILES string of the molecule is CC(=CCOc1c(Br)cccc1Br)C(=O)O. The van der Waals surface area contributed by atoms with Crippen LogP contribution in [0.25, 0.3) is 0 Å². The highest BCUT2D eigenvalue weighted by Gasteiger charge is 2.05. The van der Waals surface area contributed by atoms with E-state index in [0.29, 0.717) is 5.75 Å². The molecule has 0 aromatic heterocycles. The zero-order valence-corrected chi connectivity index (χ0v) is 11.7. The maximum atomic E-state index is 10.5. The number of rotatable bonds is 4. The second-order valence-corrected chi connectivity index (χ2v) is 4.76. The Kier molecular flexibility index (Phi) is 5.02. The average Bonchev–Trinajstić information content (AvgIpc) is 2.22. The number of halogens is 2. The molecular formula is C11H10Br2O3. The number of benzene rings is 1. The average molecular weight is 350 g/mol. The van der Waals surface area contributed by atoms with Crippen molar-refractivity contribution in [1.29, 1.82) is 0 Å². The summed E-state index contributed by atoms with van der Waals surface area (Å²) in [6, 6.07) is 5.58. The van der Waals surface area contributed by atoms with E-state index in [1.807, 2.05) is 18.2 Å². The van der Waals surface area contributed by atoms with Gasteiger partial charge in [-0.05, 0) is 57.0 Å². The van der Waals surface area contributed by atoms with Crippen molar-refractivity contribution in [1.82, 2.24) is 0 Å². The Morgan fingerprint density at radius 3 is 2.50 bits per heavy atom. The molecule has 0 heterocycles. The van der Waals surface area contributed by atoms with Gasteiger partial charge in [-0.15, -0.1) is 0 Å². The fourth-order valence-electron chi connectivity index (χ4n) is 0.958. The van der Waals surface area contributed by atoms with Crippen LogP contribution in [-0.4, -0.2) is 17.7 Å². The van der Waals surface area contributed by atoms with Gasteiger partial charge in [0, 0.05) is 5.57 Å². The zero-order chi connectivity index (χ0) is 12.1. The minimum absolute atomic E-state index is 0.222. The van der Waals surface area contributed by atoms with Crippen molar-refractivity contribution in [2.75, 3.05) is 6.61 Å². The van der Waals surface area contributed by atoms with Gasteiger partial charge >= 0.3 is 5.97 Å². The molecule has 5 heteroatoms. The van der Waals surface area contributed by atoms with Gasteiger partial charge < -0.3 is 9.84 Å². The lowest BCUT2D eigenvalue weighted by Crippen LogP contribution is -2.01. The van der Waals surface area contributed by atoms with E-state index < -0.39 is 5.97 Å². The van der Waals surface area contributed by atoms with Crippen LogP contribution in [-0.2, 0) is 4.79 Å². The van der Waals surface area contributed by atoms with Crippen molar-refractivity contribution < 1.29 is 14.6 Å². The van der Waals surface area contributed by atoms with Crippen molar-refractivity contribution in [3.63, 3.8) is 0 Å². The molecule has 1 aromatic carbocycles. The van der Waals surface area contributed by atoms with Crippen LogP contribution < -0.4 is 4.74 Å². The smallest absolute Gasteiger partial charge is 0.331 e. The Labute approximate surface area is 110 Å². The summed E-state index contributed by atoms with van der Waals surface area (Å²) < 4.78 is 7.10. The van der Waals surface area contributed by atoms with E-state index in [1.165, 1.54) is 13.0 Å². The summed E-state index contributed by atoms with van der Waals surface area (Å²) in [6.07, 6.45) is 1.52. The fraction of sp³-hybridized carbons (Fsp3) is 0.182.